The van der Waals surface area contributed by atoms with E-state index in [1.807, 2.05) is 22.7 Å². The Labute approximate surface area is 187 Å². The minimum absolute atomic E-state index is 0.179. The van der Waals surface area contributed by atoms with Gasteiger partial charge in [0, 0.05) is 32.6 Å². The van der Waals surface area contributed by atoms with Gasteiger partial charge in [0.2, 0.25) is 0 Å². The highest BCUT2D eigenvalue weighted by Crippen LogP contribution is 2.37. The van der Waals surface area contributed by atoms with E-state index in [2.05, 4.69) is 60.9 Å². The van der Waals surface area contributed by atoms with Crippen molar-refractivity contribution in [1.82, 2.24) is 10.6 Å². The summed E-state index contributed by atoms with van der Waals surface area (Å²) in [5.74, 6) is 0. The Hall–Kier alpha value is -1.54. The van der Waals surface area contributed by atoms with Crippen LogP contribution in [-0.4, -0.2) is 49.6 Å². The molecule has 0 aliphatic carbocycles. The monoisotopic (exact) mass is 444 g/mol. The normalized spacial score (nSPS) is 11.3. The molecule has 3 aromatic rings. The first-order valence-corrected chi connectivity index (χ1v) is 12.2. The number of aliphatic hydroxyl groups excluding tert-OH is 2. The molecule has 0 atom stereocenters. The van der Waals surface area contributed by atoms with E-state index in [0.29, 0.717) is 13.1 Å². The van der Waals surface area contributed by atoms with E-state index in [1.165, 1.54) is 41.8 Å². The van der Waals surface area contributed by atoms with Crippen molar-refractivity contribution in [3.8, 4) is 20.9 Å². The van der Waals surface area contributed by atoms with Gasteiger partial charge in [-0.3, -0.25) is 0 Å². The predicted octanol–water partition coefficient (Wildman–Crippen LogP) is 4.01. The molecule has 6 heteroatoms. The molecule has 0 radical (unpaired) electrons. The highest BCUT2D eigenvalue weighted by atomic mass is 32.1. The van der Waals surface area contributed by atoms with Crippen LogP contribution in [0.1, 0.15) is 20.9 Å². The third kappa shape index (κ3) is 6.23. The van der Waals surface area contributed by atoms with Gasteiger partial charge in [0.15, 0.2) is 0 Å². The summed E-state index contributed by atoms with van der Waals surface area (Å²) >= 11 is 3.71. The van der Waals surface area contributed by atoms with Crippen LogP contribution in [0.25, 0.3) is 20.9 Å². The lowest BCUT2D eigenvalue weighted by atomic mass is 10.0. The predicted molar refractivity (Wildman–Crippen MR) is 130 cm³/mol. The highest BCUT2D eigenvalue weighted by Gasteiger charge is 2.12. The van der Waals surface area contributed by atoms with Crippen LogP contribution in [0.2, 0.25) is 0 Å². The Morgan fingerprint density at radius 1 is 0.667 bits per heavy atom. The van der Waals surface area contributed by atoms with Gasteiger partial charge in [-0.15, -0.1) is 22.7 Å². The summed E-state index contributed by atoms with van der Waals surface area (Å²) in [6, 6.07) is 13.5. The molecular weight excluding hydrogens is 412 g/mol. The van der Waals surface area contributed by atoms with Crippen LogP contribution in [0.4, 0.5) is 0 Å². The van der Waals surface area contributed by atoms with Gasteiger partial charge >= 0.3 is 0 Å². The Balaban J connectivity index is 1.75. The molecule has 2 aromatic heterocycles. The van der Waals surface area contributed by atoms with Gasteiger partial charge in [-0.05, 0) is 74.2 Å². The number of rotatable bonds is 12. The van der Waals surface area contributed by atoms with E-state index < -0.39 is 0 Å². The minimum atomic E-state index is 0.179. The molecule has 30 heavy (non-hydrogen) atoms. The Morgan fingerprint density at radius 3 is 1.43 bits per heavy atom. The van der Waals surface area contributed by atoms with Crippen molar-refractivity contribution in [2.45, 2.75) is 26.7 Å². The van der Waals surface area contributed by atoms with Crippen molar-refractivity contribution in [3.63, 3.8) is 0 Å². The zero-order valence-electron chi connectivity index (χ0n) is 17.8. The maximum atomic E-state index is 8.94. The summed E-state index contributed by atoms with van der Waals surface area (Å²) in [5.41, 5.74) is 5.29. The van der Waals surface area contributed by atoms with Crippen LogP contribution in [-0.2, 0) is 12.8 Å². The van der Waals surface area contributed by atoms with Crippen LogP contribution >= 0.6 is 22.7 Å². The lowest BCUT2D eigenvalue weighted by Crippen LogP contribution is -2.20. The molecule has 1 aromatic carbocycles. The van der Waals surface area contributed by atoms with Crippen molar-refractivity contribution in [1.29, 1.82) is 0 Å². The van der Waals surface area contributed by atoms with Crippen LogP contribution in [0.3, 0.4) is 0 Å². The van der Waals surface area contributed by atoms with Gasteiger partial charge in [0.05, 0.1) is 13.2 Å². The fourth-order valence-corrected chi connectivity index (χ4v) is 5.76. The number of aryl methyl sites for hydroxylation is 2. The molecule has 3 rings (SSSR count). The zero-order valence-corrected chi connectivity index (χ0v) is 19.5. The molecule has 162 valence electrons. The largest absolute Gasteiger partial charge is 0.395 e. The van der Waals surface area contributed by atoms with Crippen molar-refractivity contribution in [3.05, 3.63) is 57.3 Å². The molecule has 4 N–H and O–H groups in total. The lowest BCUT2D eigenvalue weighted by Gasteiger charge is -2.08. The summed E-state index contributed by atoms with van der Waals surface area (Å²) in [6.07, 6.45) is 1.94. The van der Waals surface area contributed by atoms with Crippen molar-refractivity contribution >= 4 is 22.7 Å². The molecular formula is C24H32N2O2S2. The highest BCUT2D eigenvalue weighted by molar-refractivity contribution is 7.16. The standard InChI is InChI=1S/C24H32N2O2S2/c1-17-15-21(7-9-25-11-13-27)23(29-17)19-3-5-20(6-4-19)24-22(16-18(2)30-24)8-10-26-12-14-28/h3-6,15-16,25-28H,7-14H2,1-2H3. The van der Waals surface area contributed by atoms with Crippen molar-refractivity contribution in [2.75, 3.05) is 39.4 Å². The number of thiophene rings is 2. The fraction of sp³-hybridized carbons (Fsp3) is 0.417. The van der Waals surface area contributed by atoms with Gasteiger partial charge < -0.3 is 20.8 Å². The van der Waals surface area contributed by atoms with Crippen LogP contribution in [0.15, 0.2) is 36.4 Å². The molecule has 0 spiro atoms. The molecule has 0 saturated carbocycles. The first-order chi connectivity index (χ1) is 14.6. The average molecular weight is 445 g/mol. The van der Waals surface area contributed by atoms with Crippen LogP contribution in [0.5, 0.6) is 0 Å². The smallest absolute Gasteiger partial charge is 0.0555 e. The molecule has 2 heterocycles. The second-order valence-corrected chi connectivity index (χ2v) is 9.96. The lowest BCUT2D eigenvalue weighted by molar-refractivity contribution is 0.292. The minimum Gasteiger partial charge on any atom is -0.395 e. The van der Waals surface area contributed by atoms with Gasteiger partial charge in [-0.25, -0.2) is 0 Å². The summed E-state index contributed by atoms with van der Waals surface area (Å²) < 4.78 is 0. The number of hydrogen-bond donors (Lipinski definition) is 4. The number of aliphatic hydroxyl groups is 2. The SMILES string of the molecule is Cc1cc(CCNCCO)c(-c2ccc(-c3sc(C)cc3CCNCCO)cc2)s1. The molecule has 0 unspecified atom stereocenters. The summed E-state index contributed by atoms with van der Waals surface area (Å²) in [7, 11) is 0. The van der Waals surface area contributed by atoms with Crippen LogP contribution < -0.4 is 10.6 Å². The average Bonchev–Trinajstić information content (AvgIpc) is 3.31. The van der Waals surface area contributed by atoms with E-state index in [0.717, 1.165) is 25.9 Å². The summed E-state index contributed by atoms with van der Waals surface area (Å²) in [6.45, 7) is 7.74. The topological polar surface area (TPSA) is 64.5 Å². The molecule has 0 saturated heterocycles. The third-order valence-electron chi connectivity index (χ3n) is 4.99. The third-order valence-corrected chi connectivity index (χ3v) is 7.28. The molecule has 0 amide bonds. The molecule has 0 aliphatic rings. The molecule has 0 aliphatic heterocycles. The van der Waals surface area contributed by atoms with Crippen LogP contribution in [0, 0.1) is 13.8 Å². The van der Waals surface area contributed by atoms with E-state index in [4.69, 9.17) is 10.2 Å². The van der Waals surface area contributed by atoms with E-state index in [1.54, 1.807) is 0 Å². The molecule has 0 fully saturated rings. The van der Waals surface area contributed by atoms with E-state index in [9.17, 15) is 0 Å². The first-order valence-electron chi connectivity index (χ1n) is 10.5. The Morgan fingerprint density at radius 2 is 1.07 bits per heavy atom. The fourth-order valence-electron chi connectivity index (χ4n) is 3.62. The number of nitrogens with one attached hydrogen (secondary N) is 2. The van der Waals surface area contributed by atoms with Gasteiger partial charge in [-0.1, -0.05) is 24.3 Å². The summed E-state index contributed by atoms with van der Waals surface area (Å²) in [5, 5.41) is 24.4. The second kappa shape index (κ2) is 11.7. The quantitative estimate of drug-likeness (QED) is 0.319. The zero-order chi connectivity index (χ0) is 21.3. The van der Waals surface area contributed by atoms with Gasteiger partial charge in [0.25, 0.3) is 0 Å². The van der Waals surface area contributed by atoms with Crippen molar-refractivity contribution < 1.29 is 10.2 Å². The van der Waals surface area contributed by atoms with Crippen molar-refractivity contribution in [2.24, 2.45) is 0 Å². The maximum Gasteiger partial charge on any atom is 0.0555 e. The number of benzene rings is 1. The molecule has 4 nitrogen and oxygen atoms in total. The Bertz CT molecular complexity index is 841. The van der Waals surface area contributed by atoms with E-state index in [-0.39, 0.29) is 13.2 Å². The maximum absolute atomic E-state index is 8.94. The van der Waals surface area contributed by atoms with E-state index >= 15 is 0 Å². The first kappa shape index (κ1) is 23.1. The number of hydrogen-bond acceptors (Lipinski definition) is 6. The van der Waals surface area contributed by atoms with Gasteiger partial charge in [-0.2, -0.15) is 0 Å². The van der Waals surface area contributed by atoms with Gasteiger partial charge in [0.1, 0.15) is 0 Å². The summed E-state index contributed by atoms with van der Waals surface area (Å²) in [4.78, 5) is 5.36. The molecule has 0 bridgehead atoms. The Kier molecular flexibility index (Phi) is 9.05. The second-order valence-electron chi connectivity index (χ2n) is 7.45.